The van der Waals surface area contributed by atoms with Crippen molar-refractivity contribution in [3.8, 4) is 0 Å². The molecule has 0 saturated heterocycles. The van der Waals surface area contributed by atoms with Crippen molar-refractivity contribution >= 4 is 19.8 Å². The predicted octanol–water partition coefficient (Wildman–Crippen LogP) is 1.13. The Morgan fingerprint density at radius 2 is 1.50 bits per heavy atom. The van der Waals surface area contributed by atoms with Gasteiger partial charge in [0.05, 0.1) is 0 Å². The van der Waals surface area contributed by atoms with Crippen LogP contribution in [0, 0.1) is 0 Å². The van der Waals surface area contributed by atoms with Crippen LogP contribution in [0.25, 0.3) is 0 Å². The van der Waals surface area contributed by atoms with Crippen LogP contribution < -0.4 is 0 Å². The monoisotopic (exact) mass is 165 g/mol. The van der Waals surface area contributed by atoms with Crippen LogP contribution in [0.5, 0.6) is 0 Å². The molecule has 0 bridgehead atoms. The molecule has 0 aliphatic carbocycles. The van der Waals surface area contributed by atoms with Crippen LogP contribution in [0.4, 0.5) is 0 Å². The summed E-state index contributed by atoms with van der Waals surface area (Å²) in [5, 5.41) is 0. The first-order valence-electron chi connectivity index (χ1n) is 2.58. The van der Waals surface area contributed by atoms with E-state index in [1.54, 1.807) is 0 Å². The Kier molecular flexibility index (Phi) is 2.60. The predicted molar refractivity (Wildman–Crippen MR) is 39.2 cm³/mol. The van der Waals surface area contributed by atoms with Crippen molar-refractivity contribution in [2.24, 2.45) is 0 Å². The van der Waals surface area contributed by atoms with E-state index in [1.807, 2.05) is 6.08 Å². The van der Waals surface area contributed by atoms with Gasteiger partial charge in [-0.25, -0.2) is 0 Å². The minimum atomic E-state index is 0.113. The van der Waals surface area contributed by atoms with Crippen LogP contribution in [0.3, 0.4) is 0 Å². The Labute approximate surface area is 55.6 Å². The van der Waals surface area contributed by atoms with Gasteiger partial charge in [0.1, 0.15) is 0 Å². The molecule has 0 atom stereocenters. The SMILES string of the molecule is C1=C\C=[CH]/[Ge]=[CH]\C=C/1. The molecule has 0 N–H and O–H groups in total. The number of rotatable bonds is 0. The van der Waals surface area contributed by atoms with Crippen molar-refractivity contribution in [2.45, 2.75) is 0 Å². The van der Waals surface area contributed by atoms with Crippen LogP contribution in [-0.4, -0.2) is 19.8 Å². The second-order valence-electron chi connectivity index (χ2n) is 1.46. The molecule has 0 spiro atoms. The van der Waals surface area contributed by atoms with Crippen LogP contribution in [0.2, 0.25) is 0 Å². The Morgan fingerprint density at radius 1 is 0.750 bits per heavy atom. The van der Waals surface area contributed by atoms with Crippen molar-refractivity contribution < 1.29 is 0 Å². The van der Waals surface area contributed by atoms with Gasteiger partial charge in [-0.3, -0.25) is 0 Å². The molecule has 1 rings (SSSR count). The summed E-state index contributed by atoms with van der Waals surface area (Å²) in [4.78, 5) is 4.50. The molecule has 1 heteroatoms. The van der Waals surface area contributed by atoms with Gasteiger partial charge < -0.3 is 0 Å². The van der Waals surface area contributed by atoms with Gasteiger partial charge in [0.25, 0.3) is 0 Å². The normalized spacial score (nSPS) is 32.0. The standard InChI is InChI=1S/C7H7Ge/c1-2-4-6-8-7-5-3-1/h1-7H/b2-1-,3-1?,4-2?,5-3-,6-4-,7-5?,8-6?,8-7?. The number of hydrogen-bond acceptors (Lipinski definition) is 0. The van der Waals surface area contributed by atoms with E-state index in [1.165, 1.54) is 0 Å². The van der Waals surface area contributed by atoms with Gasteiger partial charge >= 0.3 is 55.1 Å². The van der Waals surface area contributed by atoms with Gasteiger partial charge in [-0.1, -0.05) is 0 Å². The molecule has 0 saturated carbocycles. The minimum absolute atomic E-state index is 0.113. The van der Waals surface area contributed by atoms with Crippen molar-refractivity contribution in [3.05, 3.63) is 35.3 Å². The van der Waals surface area contributed by atoms with Gasteiger partial charge in [-0.15, -0.1) is 0 Å². The number of hydrogen-bond donors (Lipinski definition) is 0. The molecule has 0 aromatic heterocycles. The van der Waals surface area contributed by atoms with Crippen molar-refractivity contribution in [1.29, 1.82) is 0 Å². The van der Waals surface area contributed by atoms with E-state index in [4.69, 9.17) is 0 Å². The van der Waals surface area contributed by atoms with Crippen molar-refractivity contribution in [3.63, 3.8) is 0 Å². The summed E-state index contributed by atoms with van der Waals surface area (Å²) in [6, 6.07) is 0. The van der Waals surface area contributed by atoms with Gasteiger partial charge in [-0.05, 0) is 0 Å². The Balaban J connectivity index is 2.67. The third-order valence-electron chi connectivity index (χ3n) is 0.829. The van der Waals surface area contributed by atoms with Crippen LogP contribution in [0.1, 0.15) is 0 Å². The second-order valence-corrected chi connectivity index (χ2v) is 3.56. The van der Waals surface area contributed by atoms with Gasteiger partial charge in [0.15, 0.2) is 0 Å². The summed E-state index contributed by atoms with van der Waals surface area (Å²) in [7, 11) is 0. The fraction of sp³-hybridized carbons (Fsp3) is 0. The first kappa shape index (κ1) is 5.76. The molecular formula is C7H7Ge. The Hall–Kier alpha value is -0.367. The van der Waals surface area contributed by atoms with E-state index in [2.05, 4.69) is 34.1 Å². The molecule has 39 valence electrons. The molecule has 0 aromatic rings. The van der Waals surface area contributed by atoms with Crippen molar-refractivity contribution in [1.82, 2.24) is 0 Å². The topological polar surface area (TPSA) is 0 Å². The zero-order valence-electron chi connectivity index (χ0n) is 4.54. The molecule has 0 aromatic carbocycles. The number of allylic oxidation sites excluding steroid dienone is 5. The van der Waals surface area contributed by atoms with Crippen LogP contribution in [-0.2, 0) is 0 Å². The fourth-order valence-electron chi connectivity index (χ4n) is 0.470. The van der Waals surface area contributed by atoms with E-state index in [0.29, 0.717) is 0 Å². The third-order valence-corrected chi connectivity index (χ3v) is 2.44. The first-order chi connectivity index (χ1) is 4.00. The second kappa shape index (κ2) is 3.61. The Morgan fingerprint density at radius 3 is 2.50 bits per heavy atom. The molecule has 1 aliphatic heterocycles. The fourth-order valence-corrected chi connectivity index (χ4v) is 1.64. The van der Waals surface area contributed by atoms with Crippen LogP contribution >= 0.6 is 0 Å². The molecule has 0 nitrogen and oxygen atoms in total. The molecule has 1 heterocycles. The van der Waals surface area contributed by atoms with E-state index in [-0.39, 0.29) is 15.0 Å². The van der Waals surface area contributed by atoms with E-state index >= 15 is 0 Å². The molecule has 0 amide bonds. The third kappa shape index (κ3) is 2.08. The van der Waals surface area contributed by atoms with E-state index in [9.17, 15) is 0 Å². The van der Waals surface area contributed by atoms with Crippen LogP contribution in [0.15, 0.2) is 35.3 Å². The molecule has 1 radical (unpaired) electrons. The molecule has 0 unspecified atom stereocenters. The summed E-state index contributed by atoms with van der Waals surface area (Å²) >= 11 is 0.113. The molecule has 0 fully saturated rings. The summed E-state index contributed by atoms with van der Waals surface area (Å²) in [5.41, 5.74) is 0. The molecule has 1 aliphatic rings. The zero-order chi connectivity index (χ0) is 5.66. The Bertz CT molecular complexity index is 105. The summed E-state index contributed by atoms with van der Waals surface area (Å²) < 4.78 is 0. The van der Waals surface area contributed by atoms with E-state index < -0.39 is 0 Å². The van der Waals surface area contributed by atoms with Gasteiger partial charge in [-0.2, -0.15) is 0 Å². The average Bonchev–Trinajstić information content (AvgIpc) is 1.62. The van der Waals surface area contributed by atoms with Crippen molar-refractivity contribution in [2.75, 3.05) is 0 Å². The van der Waals surface area contributed by atoms with Gasteiger partial charge in [0, 0.05) is 0 Å². The maximum atomic E-state index is 2.25. The quantitative estimate of drug-likeness (QED) is 0.470. The molecular weight excluding hydrogens is 157 g/mol. The van der Waals surface area contributed by atoms with Gasteiger partial charge in [0.2, 0.25) is 0 Å². The molecule has 8 heavy (non-hydrogen) atoms. The zero-order valence-corrected chi connectivity index (χ0v) is 6.64. The van der Waals surface area contributed by atoms with E-state index in [0.717, 1.165) is 0 Å². The summed E-state index contributed by atoms with van der Waals surface area (Å²) in [6.45, 7) is 0. The summed E-state index contributed by atoms with van der Waals surface area (Å²) in [6.07, 6.45) is 10.4. The first-order valence-corrected chi connectivity index (χ1v) is 5.00. The maximum absolute atomic E-state index is 2.25. The average molecular weight is 164 g/mol. The summed E-state index contributed by atoms with van der Waals surface area (Å²) in [5.74, 6) is 0.